The summed E-state index contributed by atoms with van der Waals surface area (Å²) in [5.41, 5.74) is 4.83. The van der Waals surface area contributed by atoms with Crippen LogP contribution in [0.2, 0.25) is 0 Å². The Balaban J connectivity index is 1.89. The number of nitrogens with zero attached hydrogens (tertiary/aromatic N) is 1. The van der Waals surface area contributed by atoms with Crippen molar-refractivity contribution in [1.29, 1.82) is 0 Å². The van der Waals surface area contributed by atoms with Crippen molar-refractivity contribution in [2.45, 2.75) is 53.2 Å². The van der Waals surface area contributed by atoms with Gasteiger partial charge in [-0.3, -0.25) is 4.79 Å². The normalized spacial score (nSPS) is 16.1. The summed E-state index contributed by atoms with van der Waals surface area (Å²) in [5.74, 6) is -0.392. The predicted octanol–water partition coefficient (Wildman–Crippen LogP) is 3.94. The van der Waals surface area contributed by atoms with Crippen molar-refractivity contribution < 1.29 is 19.1 Å². The van der Waals surface area contributed by atoms with E-state index in [-0.39, 0.29) is 18.0 Å². The van der Waals surface area contributed by atoms with Gasteiger partial charge in [0.2, 0.25) is 0 Å². The minimum atomic E-state index is -0.366. The van der Waals surface area contributed by atoms with Gasteiger partial charge in [0, 0.05) is 31.0 Å². The number of nitrogens with one attached hydrogen (secondary N) is 1. The van der Waals surface area contributed by atoms with Crippen LogP contribution in [0.5, 0.6) is 0 Å². The number of aromatic amines is 1. The van der Waals surface area contributed by atoms with Gasteiger partial charge in [0.05, 0.1) is 12.7 Å². The van der Waals surface area contributed by atoms with Crippen molar-refractivity contribution in [3.05, 3.63) is 57.9 Å². The van der Waals surface area contributed by atoms with E-state index in [0.29, 0.717) is 31.0 Å². The second kappa shape index (κ2) is 9.27. The Kier molecular flexibility index (Phi) is 6.75. The van der Waals surface area contributed by atoms with Crippen LogP contribution in [0.1, 0.15) is 63.0 Å². The second-order valence-corrected chi connectivity index (χ2v) is 7.64. The number of benzene rings is 1. The summed E-state index contributed by atoms with van der Waals surface area (Å²) < 4.78 is 10.9. The number of aromatic nitrogens is 1. The largest absolute Gasteiger partial charge is 0.461 e. The molecule has 2 aromatic rings. The first-order valence-electron chi connectivity index (χ1n) is 10.2. The molecule has 0 bridgehead atoms. The summed E-state index contributed by atoms with van der Waals surface area (Å²) in [6.07, 6.45) is 2.02. The maximum absolute atomic E-state index is 13.3. The Bertz CT molecular complexity index is 881. The summed E-state index contributed by atoms with van der Waals surface area (Å²) in [6.45, 7) is 9.60. The highest BCUT2D eigenvalue weighted by molar-refractivity contribution is 5.94. The standard InChI is InChI=1S/C23H30N2O4/c1-5-28-23(27)21-16(3)20(17(4)24-21)14-25(13-19-10-7-11-29-19)22(26)18-9-6-8-15(2)12-18/h6,8-9,12,19,24H,5,7,10-11,13-14H2,1-4H3. The van der Waals surface area contributed by atoms with Crippen LogP contribution in [-0.4, -0.2) is 47.6 Å². The van der Waals surface area contributed by atoms with E-state index in [4.69, 9.17) is 9.47 Å². The molecule has 0 radical (unpaired) electrons. The van der Waals surface area contributed by atoms with E-state index in [1.54, 1.807) is 6.92 Å². The van der Waals surface area contributed by atoms with Crippen LogP contribution in [0.3, 0.4) is 0 Å². The molecule has 6 heteroatoms. The van der Waals surface area contributed by atoms with Crippen molar-refractivity contribution in [3.63, 3.8) is 0 Å². The van der Waals surface area contributed by atoms with E-state index < -0.39 is 0 Å². The summed E-state index contributed by atoms with van der Waals surface area (Å²) in [4.78, 5) is 30.5. The zero-order chi connectivity index (χ0) is 21.0. The van der Waals surface area contributed by atoms with Crippen molar-refractivity contribution in [2.24, 2.45) is 0 Å². The molecule has 2 heterocycles. The number of hydrogen-bond acceptors (Lipinski definition) is 4. The van der Waals surface area contributed by atoms with Crippen LogP contribution in [-0.2, 0) is 16.0 Å². The highest BCUT2D eigenvalue weighted by Crippen LogP contribution is 2.23. The van der Waals surface area contributed by atoms with Gasteiger partial charge in [0.25, 0.3) is 5.91 Å². The molecule has 1 amide bonds. The number of hydrogen-bond donors (Lipinski definition) is 1. The average molecular weight is 399 g/mol. The van der Waals surface area contributed by atoms with Gasteiger partial charge >= 0.3 is 5.97 Å². The molecule has 1 saturated heterocycles. The Morgan fingerprint density at radius 1 is 1.28 bits per heavy atom. The number of carbonyl (C=O) groups excluding carboxylic acids is 2. The van der Waals surface area contributed by atoms with E-state index >= 15 is 0 Å². The molecule has 1 N–H and O–H groups in total. The molecular formula is C23H30N2O4. The molecule has 29 heavy (non-hydrogen) atoms. The Morgan fingerprint density at radius 2 is 2.07 bits per heavy atom. The van der Waals surface area contributed by atoms with Crippen LogP contribution in [0.15, 0.2) is 24.3 Å². The fourth-order valence-corrected chi connectivity index (χ4v) is 3.84. The summed E-state index contributed by atoms with van der Waals surface area (Å²) in [7, 11) is 0. The van der Waals surface area contributed by atoms with Crippen LogP contribution < -0.4 is 0 Å². The van der Waals surface area contributed by atoms with Crippen LogP contribution in [0.25, 0.3) is 0 Å². The van der Waals surface area contributed by atoms with Crippen LogP contribution in [0.4, 0.5) is 0 Å². The van der Waals surface area contributed by atoms with Gasteiger partial charge < -0.3 is 19.4 Å². The molecule has 0 spiro atoms. The molecule has 1 aliphatic heterocycles. The zero-order valence-electron chi connectivity index (χ0n) is 17.7. The fourth-order valence-electron chi connectivity index (χ4n) is 3.84. The number of rotatable bonds is 7. The maximum Gasteiger partial charge on any atom is 0.355 e. The van der Waals surface area contributed by atoms with Gasteiger partial charge in [0.15, 0.2) is 0 Å². The van der Waals surface area contributed by atoms with Gasteiger partial charge in [-0.05, 0) is 63.8 Å². The number of amides is 1. The minimum Gasteiger partial charge on any atom is -0.461 e. The lowest BCUT2D eigenvalue weighted by atomic mass is 10.1. The van der Waals surface area contributed by atoms with Gasteiger partial charge in [-0.1, -0.05) is 17.7 Å². The lowest BCUT2D eigenvalue weighted by Crippen LogP contribution is -2.37. The van der Waals surface area contributed by atoms with E-state index in [2.05, 4.69) is 4.98 Å². The van der Waals surface area contributed by atoms with E-state index in [1.807, 2.05) is 49.9 Å². The summed E-state index contributed by atoms with van der Waals surface area (Å²) in [6, 6.07) is 7.64. The Labute approximate surface area is 172 Å². The zero-order valence-corrected chi connectivity index (χ0v) is 17.7. The molecule has 1 aromatic heterocycles. The smallest absolute Gasteiger partial charge is 0.355 e. The summed E-state index contributed by atoms with van der Waals surface area (Å²) >= 11 is 0. The minimum absolute atomic E-state index is 0.0260. The van der Waals surface area contributed by atoms with E-state index in [1.165, 1.54) is 0 Å². The first-order chi connectivity index (χ1) is 13.9. The number of aryl methyl sites for hydroxylation is 2. The third-order valence-electron chi connectivity index (χ3n) is 5.42. The first-order valence-corrected chi connectivity index (χ1v) is 10.2. The Hall–Kier alpha value is -2.60. The maximum atomic E-state index is 13.3. The van der Waals surface area contributed by atoms with Gasteiger partial charge in [-0.2, -0.15) is 0 Å². The van der Waals surface area contributed by atoms with Gasteiger partial charge in [-0.25, -0.2) is 4.79 Å². The van der Waals surface area contributed by atoms with Gasteiger partial charge in [-0.15, -0.1) is 0 Å². The predicted molar refractivity (Wildman–Crippen MR) is 111 cm³/mol. The molecule has 3 rings (SSSR count). The molecule has 156 valence electrons. The van der Waals surface area contributed by atoms with Crippen LogP contribution in [0, 0.1) is 20.8 Å². The lowest BCUT2D eigenvalue weighted by molar-refractivity contribution is 0.0506. The molecule has 0 saturated carbocycles. The van der Waals surface area contributed by atoms with Crippen molar-refractivity contribution >= 4 is 11.9 Å². The van der Waals surface area contributed by atoms with Gasteiger partial charge in [0.1, 0.15) is 5.69 Å². The highest BCUT2D eigenvalue weighted by Gasteiger charge is 2.26. The first kappa shape index (κ1) is 21.1. The number of esters is 1. The van der Waals surface area contributed by atoms with Crippen molar-refractivity contribution in [1.82, 2.24) is 9.88 Å². The molecule has 1 atom stereocenters. The molecule has 1 aliphatic rings. The highest BCUT2D eigenvalue weighted by atomic mass is 16.5. The van der Waals surface area contributed by atoms with Crippen molar-refractivity contribution in [2.75, 3.05) is 19.8 Å². The number of H-pyrrole nitrogens is 1. The molecule has 1 aromatic carbocycles. The number of ether oxygens (including phenoxy) is 2. The average Bonchev–Trinajstić information content (AvgIpc) is 3.30. The van der Waals surface area contributed by atoms with E-state index in [9.17, 15) is 9.59 Å². The number of carbonyl (C=O) groups is 2. The van der Waals surface area contributed by atoms with Crippen molar-refractivity contribution in [3.8, 4) is 0 Å². The molecule has 6 nitrogen and oxygen atoms in total. The monoisotopic (exact) mass is 398 g/mol. The summed E-state index contributed by atoms with van der Waals surface area (Å²) in [5, 5.41) is 0. The topological polar surface area (TPSA) is 71.6 Å². The second-order valence-electron chi connectivity index (χ2n) is 7.64. The fraction of sp³-hybridized carbons (Fsp3) is 0.478. The Morgan fingerprint density at radius 3 is 2.72 bits per heavy atom. The molecule has 1 unspecified atom stereocenters. The molecule has 0 aliphatic carbocycles. The third-order valence-corrected chi connectivity index (χ3v) is 5.42. The molecule has 1 fully saturated rings. The molecular weight excluding hydrogens is 368 g/mol. The lowest BCUT2D eigenvalue weighted by Gasteiger charge is -2.26. The van der Waals surface area contributed by atoms with E-state index in [0.717, 1.165) is 41.8 Å². The quantitative estimate of drug-likeness (QED) is 0.717. The van der Waals surface area contributed by atoms with Crippen LogP contribution >= 0.6 is 0 Å². The SMILES string of the molecule is CCOC(=O)c1[nH]c(C)c(CN(CC2CCCO2)C(=O)c2cccc(C)c2)c1C. The third kappa shape index (κ3) is 4.88.